The molecular weight excluding hydrogens is 964 g/mol. The molecule has 22 heteroatoms. The van der Waals surface area contributed by atoms with Gasteiger partial charge >= 0.3 is 18.2 Å². The molecule has 7 heterocycles. The van der Waals surface area contributed by atoms with E-state index in [1.165, 1.54) is 32.3 Å². The number of aromatic nitrogens is 5. The topological polar surface area (TPSA) is 199 Å². The number of alkyl halides is 3. The first-order chi connectivity index (χ1) is 35.0. The van der Waals surface area contributed by atoms with E-state index < -0.39 is 71.7 Å². The Morgan fingerprint density at radius 1 is 1.08 bits per heavy atom. The zero-order valence-corrected chi connectivity index (χ0v) is 43.5. The molecule has 1 unspecified atom stereocenters. The molecule has 19 nitrogen and oxygen atoms in total. The zero-order chi connectivity index (χ0) is 53.4. The number of piperidine rings is 1. The minimum absolute atomic E-state index is 0.118. The smallest absolute Gasteiger partial charge is 0.406 e. The number of ether oxygens (including phenoxy) is 3. The Hall–Kier alpha value is -6.39. The van der Waals surface area contributed by atoms with Crippen molar-refractivity contribution in [2.75, 3.05) is 60.1 Å². The second kappa shape index (κ2) is 21.5. The average molecular weight is 1030 g/mol. The number of rotatable bonds is 9. The van der Waals surface area contributed by atoms with Gasteiger partial charge in [0.2, 0.25) is 11.8 Å². The number of pyridine rings is 1. The summed E-state index contributed by atoms with van der Waals surface area (Å²) in [5, 5.41) is 9.45. The first-order valence-corrected chi connectivity index (χ1v) is 25.2. The fraction of sp³-hybridized carbons (Fsp3) is 0.577. The van der Waals surface area contributed by atoms with E-state index in [0.29, 0.717) is 103 Å². The number of amides is 5. The maximum atomic E-state index is 14.8. The van der Waals surface area contributed by atoms with Gasteiger partial charge in [0.25, 0.3) is 5.91 Å². The third kappa shape index (κ3) is 11.3. The Kier molecular flexibility index (Phi) is 15.6. The van der Waals surface area contributed by atoms with Crippen LogP contribution in [0.1, 0.15) is 83.5 Å². The first-order valence-electron chi connectivity index (χ1n) is 25.2. The van der Waals surface area contributed by atoms with Crippen molar-refractivity contribution in [3.63, 3.8) is 0 Å². The molecule has 400 valence electrons. The Labute approximate surface area is 428 Å². The van der Waals surface area contributed by atoms with Gasteiger partial charge in [-0.05, 0) is 86.9 Å². The van der Waals surface area contributed by atoms with E-state index in [4.69, 9.17) is 24.3 Å². The highest BCUT2D eigenvalue weighted by atomic mass is 19.4. The lowest BCUT2D eigenvalue weighted by Crippen LogP contribution is -2.63. The minimum Gasteiger partial charge on any atom is -0.464 e. The zero-order valence-electron chi connectivity index (χ0n) is 43.5. The Bertz CT molecular complexity index is 2780. The van der Waals surface area contributed by atoms with Crippen molar-refractivity contribution in [3.05, 3.63) is 66.3 Å². The van der Waals surface area contributed by atoms with E-state index in [1.54, 1.807) is 81.2 Å². The molecule has 5 amide bonds. The van der Waals surface area contributed by atoms with Gasteiger partial charge in [-0.3, -0.25) is 29.2 Å². The van der Waals surface area contributed by atoms with Crippen LogP contribution in [0.25, 0.3) is 33.5 Å². The summed E-state index contributed by atoms with van der Waals surface area (Å²) in [6.45, 7) is 13.4. The Morgan fingerprint density at radius 3 is 2.51 bits per heavy atom. The molecule has 0 radical (unpaired) electrons. The van der Waals surface area contributed by atoms with Gasteiger partial charge in [0, 0.05) is 87.4 Å². The number of urea groups is 1. The van der Waals surface area contributed by atoms with Crippen molar-refractivity contribution in [2.24, 2.45) is 18.4 Å². The molecule has 3 fully saturated rings. The van der Waals surface area contributed by atoms with Crippen LogP contribution in [0.15, 0.2) is 49.2 Å². The number of fused-ring (bicyclic) bond motifs is 6. The van der Waals surface area contributed by atoms with E-state index in [0.717, 1.165) is 0 Å². The van der Waals surface area contributed by atoms with Crippen molar-refractivity contribution >= 4 is 40.6 Å². The number of carbonyl (C=O) groups is 5. The van der Waals surface area contributed by atoms with E-state index in [-0.39, 0.29) is 43.8 Å². The number of cyclic esters (lactones) is 1. The van der Waals surface area contributed by atoms with Crippen LogP contribution in [0.4, 0.5) is 18.0 Å². The number of hydrazine groups is 1. The maximum Gasteiger partial charge on any atom is 0.406 e. The Morgan fingerprint density at radius 2 is 1.82 bits per heavy atom. The molecule has 74 heavy (non-hydrogen) atoms. The molecule has 3 aromatic heterocycles. The molecule has 0 saturated carbocycles. The highest BCUT2D eigenvalue weighted by Gasteiger charge is 2.44. The molecule has 2 N–H and O–H groups in total. The summed E-state index contributed by atoms with van der Waals surface area (Å²) >= 11 is 0. The number of likely N-dealkylation sites (tertiary alicyclic amines) is 1. The third-order valence-corrected chi connectivity index (χ3v) is 14.7. The number of halogens is 3. The number of carbonyl (C=O) groups excluding carboxylic acids is 5. The van der Waals surface area contributed by atoms with Gasteiger partial charge in [-0.2, -0.15) is 18.3 Å². The monoisotopic (exact) mass is 1030 g/mol. The van der Waals surface area contributed by atoms with Gasteiger partial charge in [0.05, 0.1) is 42.9 Å². The van der Waals surface area contributed by atoms with Gasteiger partial charge in [-0.1, -0.05) is 34.3 Å². The summed E-state index contributed by atoms with van der Waals surface area (Å²) in [6.07, 6.45) is -0.645. The van der Waals surface area contributed by atoms with Crippen LogP contribution in [0.5, 0.6) is 0 Å². The maximum absolute atomic E-state index is 14.8. The summed E-state index contributed by atoms with van der Waals surface area (Å²) < 4.78 is 64.8. The van der Waals surface area contributed by atoms with Crippen LogP contribution in [0, 0.1) is 11.3 Å². The summed E-state index contributed by atoms with van der Waals surface area (Å²) in [6, 6.07) is 4.84. The van der Waals surface area contributed by atoms with Crippen LogP contribution in [0.2, 0.25) is 0 Å². The molecule has 4 atom stereocenters. The Balaban J connectivity index is 1.14. The average Bonchev–Trinajstić information content (AvgIpc) is 3.88. The lowest BCUT2D eigenvalue weighted by atomic mass is 9.84. The summed E-state index contributed by atoms with van der Waals surface area (Å²) in [5.74, 6) is -1.85. The van der Waals surface area contributed by atoms with Crippen molar-refractivity contribution in [3.8, 4) is 22.6 Å². The fourth-order valence-electron chi connectivity index (χ4n) is 10.9. The largest absolute Gasteiger partial charge is 0.464 e. The number of hydrogen-bond acceptors (Lipinski definition) is 12. The molecule has 3 saturated heterocycles. The number of morpholine rings is 1. The number of nitrogens with one attached hydrogen (secondary N) is 2. The molecule has 4 aromatic rings. The van der Waals surface area contributed by atoms with Gasteiger partial charge < -0.3 is 38.8 Å². The second-order valence-corrected chi connectivity index (χ2v) is 21.1. The van der Waals surface area contributed by atoms with Gasteiger partial charge in [-0.25, -0.2) is 19.9 Å². The predicted octanol–water partition coefficient (Wildman–Crippen LogP) is 5.37. The molecule has 8 rings (SSSR count). The highest BCUT2D eigenvalue weighted by Crippen LogP contribution is 2.43. The van der Waals surface area contributed by atoms with E-state index in [1.807, 2.05) is 13.8 Å². The number of methoxy groups -OCH3 is 1. The van der Waals surface area contributed by atoms with E-state index in [9.17, 15) is 37.1 Å². The lowest BCUT2D eigenvalue weighted by molar-refractivity contribution is -0.155. The van der Waals surface area contributed by atoms with Crippen LogP contribution in [0.3, 0.4) is 0 Å². The van der Waals surface area contributed by atoms with Crippen LogP contribution in [-0.2, 0) is 59.8 Å². The summed E-state index contributed by atoms with van der Waals surface area (Å²) in [4.78, 5) is 84.3. The van der Waals surface area contributed by atoms with E-state index in [2.05, 4.69) is 22.3 Å². The van der Waals surface area contributed by atoms with E-state index >= 15 is 0 Å². The van der Waals surface area contributed by atoms with Crippen molar-refractivity contribution in [1.82, 2.24) is 54.8 Å². The number of likely N-dealkylation sites (N-methyl/N-ethyl adjacent to an activating group) is 1. The first kappa shape index (κ1) is 53.9. The predicted molar refractivity (Wildman–Crippen MR) is 267 cm³/mol. The SMILES string of the molecule is C=CC(=O)N1CCOC2(CCN(C(=O)N(C)[C@H](C(=O)N[C@H]3Cc4nc(n(C)n4)-c4ccc5c(c4)c(c(-c4cccnc4[C@H](C)OC)n5CC(F)(F)F)CC(C)(C)COC(=O)C4CCCN(N4)C3=O)C(C)C)CC2)C1. The molecular formula is C52H68F3N11O8. The quantitative estimate of drug-likeness (QED) is 0.161. The third-order valence-electron chi connectivity index (χ3n) is 14.7. The van der Waals surface area contributed by atoms with Gasteiger partial charge in [0.15, 0.2) is 11.6 Å². The molecule has 6 bridgehead atoms. The number of hydrogen-bond donors (Lipinski definition) is 2. The molecule has 0 aliphatic carbocycles. The van der Waals surface area contributed by atoms with Crippen LogP contribution >= 0.6 is 0 Å². The van der Waals surface area contributed by atoms with Crippen molar-refractivity contribution < 1.29 is 51.4 Å². The van der Waals surface area contributed by atoms with Gasteiger partial charge in [-0.15, -0.1) is 0 Å². The summed E-state index contributed by atoms with van der Waals surface area (Å²) in [5.41, 5.74) is 4.21. The van der Waals surface area contributed by atoms with Crippen LogP contribution < -0.4 is 10.7 Å². The van der Waals surface area contributed by atoms with Crippen molar-refractivity contribution in [2.45, 2.75) is 116 Å². The number of benzene rings is 1. The normalized spacial score (nSPS) is 21.3. The summed E-state index contributed by atoms with van der Waals surface area (Å²) in [7, 11) is 4.73. The standard InChI is InChI=1S/C52H68F3N11O8/c1-10-41(67)64-23-24-74-51(28-64)17-21-63(22-18-51)49(71)61(7)43(31(2)3)46(68)57-38-26-40-58-45(62(8)60-40)33-15-16-39-35(25-33)36(27-50(5,6)30-73-48(70)37-14-12-20-66(59-37)47(38)69)44(65(39)29-52(53,54)55)34-13-11-19-56-42(34)32(4)72-9/h10-11,13,15-16,19,25,31-32,37-38,43,59H,1,12,14,17-18,20-24,26-30H2,2-9H3,(H,57,68)/t32-,37?,38-,43-/m0/s1. The lowest BCUT2D eigenvalue weighted by Gasteiger charge is -2.47. The molecule has 1 spiro atoms. The fourth-order valence-corrected chi connectivity index (χ4v) is 10.9. The molecule has 4 aliphatic heterocycles. The number of nitrogens with zero attached hydrogens (tertiary/aromatic N) is 9. The minimum atomic E-state index is -4.62. The molecule has 1 aromatic carbocycles. The van der Waals surface area contributed by atoms with Gasteiger partial charge in [0.1, 0.15) is 24.7 Å². The highest BCUT2D eigenvalue weighted by molar-refractivity contribution is 5.95. The molecule has 4 aliphatic rings. The van der Waals surface area contributed by atoms with Crippen molar-refractivity contribution in [1.29, 1.82) is 0 Å². The van der Waals surface area contributed by atoms with Crippen LogP contribution in [-0.4, -0.2) is 164 Å². The number of aryl methyl sites for hydroxylation is 1. The number of esters is 1. The second-order valence-electron chi connectivity index (χ2n) is 21.1.